The van der Waals surface area contributed by atoms with E-state index in [-0.39, 0.29) is 11.9 Å². The fourth-order valence-electron chi connectivity index (χ4n) is 2.40. The molecule has 2 atom stereocenters. The second kappa shape index (κ2) is 5.99. The van der Waals surface area contributed by atoms with Gasteiger partial charge in [-0.2, -0.15) is 0 Å². The number of anilines is 1. The lowest BCUT2D eigenvalue weighted by atomic mass is 9.92. The maximum atomic E-state index is 12.2. The highest BCUT2D eigenvalue weighted by molar-refractivity contribution is 5.95. The third kappa shape index (κ3) is 3.42. The first kappa shape index (κ1) is 13.8. The second-order valence-corrected chi connectivity index (χ2v) is 4.96. The normalized spacial score (nSPS) is 22.9. The van der Waals surface area contributed by atoms with Crippen molar-refractivity contribution in [2.45, 2.75) is 44.8 Å². The predicted octanol–water partition coefficient (Wildman–Crippen LogP) is 0.709. The van der Waals surface area contributed by atoms with Crippen molar-refractivity contribution in [3.63, 3.8) is 0 Å². The van der Waals surface area contributed by atoms with E-state index in [0.717, 1.165) is 25.7 Å². The number of rotatable bonds is 3. The summed E-state index contributed by atoms with van der Waals surface area (Å²) in [5, 5.41) is 12.7. The van der Waals surface area contributed by atoms with Gasteiger partial charge in [0.05, 0.1) is 12.1 Å². The van der Waals surface area contributed by atoms with E-state index >= 15 is 0 Å². The Balaban J connectivity index is 2.08. The van der Waals surface area contributed by atoms with Crippen LogP contribution >= 0.6 is 0 Å². The predicted molar refractivity (Wildman–Crippen MR) is 72.5 cm³/mol. The third-order valence-electron chi connectivity index (χ3n) is 3.41. The third-order valence-corrected chi connectivity index (χ3v) is 3.41. The Kier molecular flexibility index (Phi) is 4.34. The molecule has 1 amide bonds. The van der Waals surface area contributed by atoms with Crippen LogP contribution in [0.4, 0.5) is 5.82 Å². The summed E-state index contributed by atoms with van der Waals surface area (Å²) >= 11 is 0. The van der Waals surface area contributed by atoms with Crippen LogP contribution < -0.4 is 16.6 Å². The van der Waals surface area contributed by atoms with Crippen LogP contribution in [0.3, 0.4) is 0 Å². The average Bonchev–Trinajstić information content (AvgIpc) is 2.40. The molecule has 0 saturated heterocycles. The van der Waals surface area contributed by atoms with Crippen molar-refractivity contribution in [1.29, 1.82) is 0 Å². The standard InChI is InChI=1S/C13H20N4O2/c1-8-6-9(7-12(15-8)17-14)13(19)16-10-4-2-3-5-11(10)18/h6-7,10-11,18H,2-5,14H2,1H3,(H,15,17)(H,16,19). The van der Waals surface area contributed by atoms with Crippen molar-refractivity contribution < 1.29 is 9.90 Å². The number of nitrogens with one attached hydrogen (secondary N) is 2. The van der Waals surface area contributed by atoms with E-state index < -0.39 is 6.10 Å². The number of nitrogens with zero attached hydrogens (tertiary/aromatic N) is 1. The number of aryl methyl sites for hydroxylation is 1. The molecule has 1 heterocycles. The number of carbonyl (C=O) groups is 1. The number of carbonyl (C=O) groups excluding carboxylic acids is 1. The molecule has 19 heavy (non-hydrogen) atoms. The number of pyridine rings is 1. The summed E-state index contributed by atoms with van der Waals surface area (Å²) < 4.78 is 0. The number of aliphatic hydroxyl groups is 1. The highest BCUT2D eigenvalue weighted by Gasteiger charge is 2.25. The minimum Gasteiger partial charge on any atom is -0.391 e. The van der Waals surface area contributed by atoms with Gasteiger partial charge in [-0.3, -0.25) is 4.79 Å². The van der Waals surface area contributed by atoms with Crippen LogP contribution in [0.1, 0.15) is 41.7 Å². The van der Waals surface area contributed by atoms with Gasteiger partial charge >= 0.3 is 0 Å². The lowest BCUT2D eigenvalue weighted by Gasteiger charge is -2.28. The summed E-state index contributed by atoms with van der Waals surface area (Å²) in [4.78, 5) is 16.3. The first-order chi connectivity index (χ1) is 9.10. The maximum absolute atomic E-state index is 12.2. The van der Waals surface area contributed by atoms with Gasteiger partial charge in [0.2, 0.25) is 0 Å². The molecular weight excluding hydrogens is 244 g/mol. The summed E-state index contributed by atoms with van der Waals surface area (Å²) in [6, 6.07) is 3.13. The van der Waals surface area contributed by atoms with E-state index in [9.17, 15) is 9.90 Å². The Morgan fingerprint density at radius 1 is 1.42 bits per heavy atom. The van der Waals surface area contributed by atoms with E-state index in [4.69, 9.17) is 5.84 Å². The number of hydrazine groups is 1. The van der Waals surface area contributed by atoms with Gasteiger partial charge in [-0.05, 0) is 31.9 Å². The van der Waals surface area contributed by atoms with Gasteiger partial charge in [0, 0.05) is 11.3 Å². The summed E-state index contributed by atoms with van der Waals surface area (Å²) in [6.45, 7) is 1.80. The van der Waals surface area contributed by atoms with Crippen molar-refractivity contribution in [2.24, 2.45) is 5.84 Å². The Morgan fingerprint density at radius 3 is 2.84 bits per heavy atom. The number of amides is 1. The Morgan fingerprint density at radius 2 is 2.16 bits per heavy atom. The zero-order valence-corrected chi connectivity index (χ0v) is 11.0. The topological polar surface area (TPSA) is 100 Å². The van der Waals surface area contributed by atoms with Gasteiger partial charge in [-0.15, -0.1) is 0 Å². The van der Waals surface area contributed by atoms with Crippen molar-refractivity contribution in [3.05, 3.63) is 23.4 Å². The molecule has 6 nitrogen and oxygen atoms in total. The fourth-order valence-corrected chi connectivity index (χ4v) is 2.40. The Bertz CT molecular complexity index is 464. The number of aromatic nitrogens is 1. The van der Waals surface area contributed by atoms with Gasteiger partial charge in [-0.25, -0.2) is 10.8 Å². The minimum atomic E-state index is -0.451. The van der Waals surface area contributed by atoms with Crippen LogP contribution in [0.2, 0.25) is 0 Å². The molecule has 2 unspecified atom stereocenters. The molecule has 1 aromatic rings. The Hall–Kier alpha value is -1.66. The molecule has 0 radical (unpaired) electrons. The van der Waals surface area contributed by atoms with Gasteiger partial charge in [0.15, 0.2) is 0 Å². The molecule has 104 valence electrons. The summed E-state index contributed by atoms with van der Waals surface area (Å²) in [7, 11) is 0. The molecule has 1 saturated carbocycles. The van der Waals surface area contributed by atoms with E-state index in [1.54, 1.807) is 19.1 Å². The zero-order chi connectivity index (χ0) is 13.8. The van der Waals surface area contributed by atoms with Crippen LogP contribution in [0, 0.1) is 6.92 Å². The smallest absolute Gasteiger partial charge is 0.251 e. The number of nitrogens with two attached hydrogens (primary N) is 1. The van der Waals surface area contributed by atoms with Crippen LogP contribution in [0.15, 0.2) is 12.1 Å². The molecule has 0 aromatic carbocycles. The molecule has 0 spiro atoms. The molecule has 5 N–H and O–H groups in total. The molecule has 0 aliphatic heterocycles. The maximum Gasteiger partial charge on any atom is 0.251 e. The molecule has 1 aliphatic rings. The lowest BCUT2D eigenvalue weighted by Crippen LogP contribution is -2.45. The largest absolute Gasteiger partial charge is 0.391 e. The molecule has 1 aliphatic carbocycles. The first-order valence-corrected chi connectivity index (χ1v) is 6.54. The Labute approximate surface area is 112 Å². The number of nitrogen functional groups attached to an aromatic ring is 1. The number of hydrogen-bond donors (Lipinski definition) is 4. The fraction of sp³-hybridized carbons (Fsp3) is 0.538. The lowest BCUT2D eigenvalue weighted by molar-refractivity contribution is 0.0717. The van der Waals surface area contributed by atoms with Gasteiger partial charge in [0.1, 0.15) is 5.82 Å². The highest BCUT2D eigenvalue weighted by atomic mass is 16.3. The number of aliphatic hydroxyl groups excluding tert-OH is 1. The van der Waals surface area contributed by atoms with Crippen molar-refractivity contribution in [1.82, 2.24) is 10.3 Å². The molecule has 1 aromatic heterocycles. The van der Waals surface area contributed by atoms with E-state index in [2.05, 4.69) is 15.7 Å². The van der Waals surface area contributed by atoms with Gasteiger partial charge in [-0.1, -0.05) is 12.8 Å². The van der Waals surface area contributed by atoms with Crippen LogP contribution in [-0.2, 0) is 0 Å². The molecule has 0 bridgehead atoms. The van der Waals surface area contributed by atoms with Crippen LogP contribution in [0.25, 0.3) is 0 Å². The zero-order valence-electron chi connectivity index (χ0n) is 11.0. The van der Waals surface area contributed by atoms with E-state index in [0.29, 0.717) is 17.1 Å². The number of hydrogen-bond acceptors (Lipinski definition) is 5. The SMILES string of the molecule is Cc1cc(C(=O)NC2CCCCC2O)cc(NN)n1. The molecule has 2 rings (SSSR count). The van der Waals surface area contributed by atoms with Crippen molar-refractivity contribution in [3.8, 4) is 0 Å². The second-order valence-electron chi connectivity index (χ2n) is 4.96. The van der Waals surface area contributed by atoms with Crippen molar-refractivity contribution >= 4 is 11.7 Å². The average molecular weight is 264 g/mol. The summed E-state index contributed by atoms with van der Waals surface area (Å²) in [5.74, 6) is 5.56. The van der Waals surface area contributed by atoms with Crippen molar-refractivity contribution in [2.75, 3.05) is 5.43 Å². The monoisotopic (exact) mass is 264 g/mol. The highest BCUT2D eigenvalue weighted by Crippen LogP contribution is 2.19. The molecule has 6 heteroatoms. The van der Waals surface area contributed by atoms with Gasteiger partial charge < -0.3 is 15.8 Å². The molecule has 1 fully saturated rings. The van der Waals surface area contributed by atoms with Crippen LogP contribution in [0.5, 0.6) is 0 Å². The quantitative estimate of drug-likeness (QED) is 0.476. The van der Waals surface area contributed by atoms with Crippen LogP contribution in [-0.4, -0.2) is 28.1 Å². The van der Waals surface area contributed by atoms with Gasteiger partial charge in [0.25, 0.3) is 5.91 Å². The van der Waals surface area contributed by atoms with E-state index in [1.807, 2.05) is 0 Å². The molecular formula is C13H20N4O2. The summed E-state index contributed by atoms with van der Waals surface area (Å²) in [5.41, 5.74) is 3.65. The minimum absolute atomic E-state index is 0.163. The van der Waals surface area contributed by atoms with E-state index in [1.165, 1.54) is 0 Å². The first-order valence-electron chi connectivity index (χ1n) is 6.54. The summed E-state index contributed by atoms with van der Waals surface area (Å²) in [6.07, 6.45) is 3.16.